The fourth-order valence-corrected chi connectivity index (χ4v) is 6.41. The van der Waals surface area contributed by atoms with Gasteiger partial charge in [0.25, 0.3) is 0 Å². The van der Waals surface area contributed by atoms with Gasteiger partial charge in [-0.1, -0.05) is 78.9 Å². The summed E-state index contributed by atoms with van der Waals surface area (Å²) in [7, 11) is 0. The van der Waals surface area contributed by atoms with Crippen LogP contribution in [0.15, 0.2) is 78.9 Å². The number of esters is 1. The molecule has 0 radical (unpaired) electrons. The molecule has 1 fully saturated rings. The van der Waals surface area contributed by atoms with Crippen LogP contribution < -0.4 is 9.64 Å². The molecule has 0 bridgehead atoms. The van der Waals surface area contributed by atoms with Gasteiger partial charge >= 0.3 is 5.97 Å². The van der Waals surface area contributed by atoms with E-state index in [1.807, 2.05) is 53.5 Å². The summed E-state index contributed by atoms with van der Waals surface area (Å²) in [6, 6.07) is 19.9. The molecule has 0 saturated carbocycles. The Balaban J connectivity index is 1.68. The highest BCUT2D eigenvalue weighted by Crippen LogP contribution is 2.61. The minimum atomic E-state index is -1.54. The number of carbonyl (C=O) groups is 4. The molecule has 6 rings (SSSR count). The van der Waals surface area contributed by atoms with Crippen LogP contribution in [-0.4, -0.2) is 35.4 Å². The van der Waals surface area contributed by atoms with Gasteiger partial charge in [-0.15, -0.1) is 0 Å². The topological polar surface area (TPSA) is 80.8 Å². The Morgan fingerprint density at radius 1 is 0.833 bits per heavy atom. The van der Waals surface area contributed by atoms with Crippen LogP contribution in [0.1, 0.15) is 51.6 Å². The first kappa shape index (κ1) is 22.2. The molecule has 2 heterocycles. The Morgan fingerprint density at radius 3 is 2.08 bits per heavy atom. The summed E-state index contributed by atoms with van der Waals surface area (Å²) in [5.41, 5.74) is 1.23. The summed E-state index contributed by atoms with van der Waals surface area (Å²) in [6.45, 7) is 2.80. The molecule has 6 heteroatoms. The van der Waals surface area contributed by atoms with Crippen LogP contribution >= 0.6 is 0 Å². The summed E-state index contributed by atoms with van der Waals surface area (Å²) in [4.78, 5) is 55.9. The Bertz CT molecular complexity index is 1450. The lowest BCUT2D eigenvalue weighted by Crippen LogP contribution is -2.48. The molecule has 0 aromatic heterocycles. The summed E-state index contributed by atoms with van der Waals surface area (Å²) in [6.07, 6.45) is 3.69. The number of nitrogens with zero attached hydrogens (tertiary/aromatic N) is 1. The number of carbonyl (C=O) groups excluding carboxylic acids is 4. The third-order valence-corrected chi connectivity index (χ3v) is 7.62. The maximum atomic E-state index is 14.3. The first-order valence-corrected chi connectivity index (χ1v) is 11.9. The van der Waals surface area contributed by atoms with Crippen LogP contribution in [0.25, 0.3) is 6.08 Å². The van der Waals surface area contributed by atoms with Crippen molar-refractivity contribution in [1.82, 2.24) is 0 Å². The third kappa shape index (κ3) is 2.78. The van der Waals surface area contributed by atoms with Gasteiger partial charge in [-0.05, 0) is 18.6 Å². The second kappa shape index (κ2) is 7.85. The smallest absolute Gasteiger partial charge is 0.308 e. The second-order valence-corrected chi connectivity index (χ2v) is 9.52. The van der Waals surface area contributed by atoms with E-state index in [0.29, 0.717) is 22.6 Å². The number of benzene rings is 3. The van der Waals surface area contributed by atoms with Crippen LogP contribution in [0.3, 0.4) is 0 Å². The van der Waals surface area contributed by atoms with Crippen LogP contribution in [-0.2, 0) is 9.59 Å². The van der Waals surface area contributed by atoms with Crippen molar-refractivity contribution in [2.75, 3.05) is 4.90 Å². The monoisotopic (exact) mass is 477 g/mol. The molecule has 3 aromatic carbocycles. The average molecular weight is 478 g/mol. The molecular weight excluding hydrogens is 454 g/mol. The number of anilines is 1. The van der Waals surface area contributed by atoms with Crippen molar-refractivity contribution in [1.29, 1.82) is 0 Å². The molecule has 1 aliphatic carbocycles. The molecule has 1 saturated heterocycles. The first-order chi connectivity index (χ1) is 17.4. The predicted molar refractivity (Wildman–Crippen MR) is 134 cm³/mol. The van der Waals surface area contributed by atoms with Crippen molar-refractivity contribution in [3.05, 3.63) is 101 Å². The number of hydrogen-bond donors (Lipinski definition) is 0. The predicted octanol–water partition coefficient (Wildman–Crippen LogP) is 4.63. The third-order valence-electron chi connectivity index (χ3n) is 7.62. The largest absolute Gasteiger partial charge is 0.424 e. The van der Waals surface area contributed by atoms with Crippen molar-refractivity contribution < 1.29 is 23.9 Å². The standard InChI is InChI=1S/C30H23NO5/c1-17(32)26-25(19-9-4-3-5-10-19)30(28(34)21-12-6-7-13-22(21)29(30)35)24-16-15-20-11-8-14-23(36-18(2)33)27(20)31(24)26/h3-16,24-26H,1-2H3/t24-,25+,26+/m1/s1. The van der Waals surface area contributed by atoms with Crippen molar-refractivity contribution in [3.8, 4) is 5.75 Å². The summed E-state index contributed by atoms with van der Waals surface area (Å²) in [5.74, 6) is -1.69. The van der Waals surface area contributed by atoms with Gasteiger partial charge in [0.05, 0.1) is 17.8 Å². The van der Waals surface area contributed by atoms with Crippen molar-refractivity contribution >= 4 is 35.1 Å². The zero-order valence-corrected chi connectivity index (χ0v) is 19.8. The molecule has 2 aliphatic heterocycles. The minimum absolute atomic E-state index is 0.179. The van der Waals surface area contributed by atoms with Crippen LogP contribution in [0, 0.1) is 5.41 Å². The maximum absolute atomic E-state index is 14.3. The lowest BCUT2D eigenvalue weighted by molar-refractivity contribution is -0.131. The minimum Gasteiger partial charge on any atom is -0.424 e. The number of ketones is 3. The molecule has 36 heavy (non-hydrogen) atoms. The fourth-order valence-electron chi connectivity index (χ4n) is 6.41. The van der Waals surface area contributed by atoms with Gasteiger partial charge in [0.1, 0.15) is 5.41 Å². The van der Waals surface area contributed by atoms with E-state index in [4.69, 9.17) is 4.74 Å². The molecule has 0 unspecified atom stereocenters. The Labute approximate surface area is 208 Å². The highest BCUT2D eigenvalue weighted by atomic mass is 16.5. The van der Waals surface area contributed by atoms with E-state index in [9.17, 15) is 19.2 Å². The van der Waals surface area contributed by atoms with Crippen molar-refractivity contribution in [2.24, 2.45) is 5.41 Å². The maximum Gasteiger partial charge on any atom is 0.308 e. The molecule has 0 N–H and O–H groups in total. The number of rotatable bonds is 3. The highest BCUT2D eigenvalue weighted by Gasteiger charge is 2.71. The van der Waals surface area contributed by atoms with Crippen LogP contribution in [0.5, 0.6) is 5.75 Å². The van der Waals surface area contributed by atoms with E-state index in [-0.39, 0.29) is 17.3 Å². The van der Waals surface area contributed by atoms with E-state index in [0.717, 1.165) is 11.1 Å². The molecule has 6 nitrogen and oxygen atoms in total. The molecule has 3 aromatic rings. The Kier molecular flexibility index (Phi) is 4.83. The van der Waals surface area contributed by atoms with Gasteiger partial charge in [0.2, 0.25) is 0 Å². The lowest BCUT2D eigenvalue weighted by Gasteiger charge is -2.37. The summed E-state index contributed by atoms with van der Waals surface area (Å²) >= 11 is 0. The van der Waals surface area contributed by atoms with E-state index in [1.165, 1.54) is 13.8 Å². The molecule has 3 atom stereocenters. The van der Waals surface area contributed by atoms with Crippen LogP contribution in [0.4, 0.5) is 5.69 Å². The number of fused-ring (bicyclic) bond motifs is 5. The number of Topliss-reactive ketones (excluding diaryl/α,β-unsaturated/α-hetero) is 3. The number of ether oxygens (including phenoxy) is 1. The van der Waals surface area contributed by atoms with Crippen molar-refractivity contribution in [3.63, 3.8) is 0 Å². The zero-order valence-electron chi connectivity index (χ0n) is 19.8. The SMILES string of the molecule is CC(=O)Oc1cccc2c1N1[C@@H](C(C)=O)[C@H](c3ccccc3)C3(C(=O)c4ccccc4C3=O)[C@H]1C=C2. The van der Waals surface area contributed by atoms with E-state index in [2.05, 4.69) is 0 Å². The second-order valence-electron chi connectivity index (χ2n) is 9.52. The van der Waals surface area contributed by atoms with Crippen molar-refractivity contribution in [2.45, 2.75) is 31.8 Å². The highest BCUT2D eigenvalue weighted by molar-refractivity contribution is 6.32. The molecule has 178 valence electrons. The molecule has 3 aliphatic rings. The van der Waals surface area contributed by atoms with Gasteiger partial charge < -0.3 is 9.64 Å². The van der Waals surface area contributed by atoms with E-state index < -0.39 is 29.4 Å². The summed E-state index contributed by atoms with van der Waals surface area (Å²) < 4.78 is 5.56. The quantitative estimate of drug-likeness (QED) is 0.311. The first-order valence-electron chi connectivity index (χ1n) is 11.9. The van der Waals surface area contributed by atoms with Gasteiger partial charge in [0.15, 0.2) is 23.1 Å². The van der Waals surface area contributed by atoms with Gasteiger partial charge in [-0.25, -0.2) is 0 Å². The average Bonchev–Trinajstić information content (AvgIpc) is 3.31. The summed E-state index contributed by atoms with van der Waals surface area (Å²) in [5, 5.41) is 0. The van der Waals surface area contributed by atoms with Gasteiger partial charge in [0, 0.05) is 29.5 Å². The van der Waals surface area contributed by atoms with E-state index >= 15 is 0 Å². The van der Waals surface area contributed by atoms with E-state index in [1.54, 1.807) is 36.4 Å². The normalized spacial score (nSPS) is 22.8. The van der Waals surface area contributed by atoms with Gasteiger partial charge in [-0.2, -0.15) is 0 Å². The Morgan fingerprint density at radius 2 is 1.47 bits per heavy atom. The fraction of sp³-hybridized carbons (Fsp3) is 0.200. The number of para-hydroxylation sites is 1. The lowest BCUT2D eigenvalue weighted by atomic mass is 9.64. The Hall–Kier alpha value is -4.32. The molecule has 1 spiro atoms. The van der Waals surface area contributed by atoms with Crippen LogP contribution in [0.2, 0.25) is 0 Å². The molecule has 0 amide bonds. The van der Waals surface area contributed by atoms with Gasteiger partial charge in [-0.3, -0.25) is 19.2 Å². The number of hydrogen-bond acceptors (Lipinski definition) is 6. The zero-order chi connectivity index (χ0) is 25.2. The molecular formula is C30H23NO5.